The Morgan fingerprint density at radius 2 is 1.78 bits per heavy atom. The first-order valence-corrected chi connectivity index (χ1v) is 12.6. The second-order valence-corrected chi connectivity index (χ2v) is 9.43. The van der Waals surface area contributed by atoms with E-state index in [4.69, 9.17) is 17.3 Å². The zero-order chi connectivity index (χ0) is 25.8. The lowest BCUT2D eigenvalue weighted by molar-refractivity contribution is 0.0660. The van der Waals surface area contributed by atoms with E-state index in [9.17, 15) is 9.59 Å². The lowest BCUT2D eigenvalue weighted by Crippen LogP contribution is -2.40. The number of carbonyl (C=O) groups excluding carboxylic acids is 1. The molecule has 2 heterocycles. The maximum absolute atomic E-state index is 13.8. The van der Waals surface area contributed by atoms with E-state index in [0.29, 0.717) is 54.3 Å². The van der Waals surface area contributed by atoms with E-state index < -0.39 is 0 Å². The third-order valence-corrected chi connectivity index (χ3v) is 6.95. The Bertz CT molecular complexity index is 1410. The quantitative estimate of drug-likeness (QED) is 0.316. The molecule has 0 spiro atoms. The van der Waals surface area contributed by atoms with Crippen molar-refractivity contribution in [2.45, 2.75) is 46.2 Å². The molecule has 0 saturated carbocycles. The SMILES string of the molecule is CC[C@H](c1cc2c(Cl)c(C)nn2c(=O)n1Cc1ccccc1)N(CCCN)C(=O)c1ccc(C)cc1.Cl. The average Bonchev–Trinajstić information content (AvgIpc) is 3.18. The molecule has 7 nitrogen and oxygen atoms in total. The number of nitrogens with zero attached hydrogens (tertiary/aromatic N) is 4. The molecule has 4 rings (SSSR count). The summed E-state index contributed by atoms with van der Waals surface area (Å²) in [5, 5.41) is 4.82. The smallest absolute Gasteiger partial charge is 0.330 e. The van der Waals surface area contributed by atoms with Gasteiger partial charge >= 0.3 is 5.69 Å². The molecule has 0 fully saturated rings. The Kier molecular flexibility index (Phi) is 9.54. The van der Waals surface area contributed by atoms with Gasteiger partial charge in [-0.15, -0.1) is 12.4 Å². The maximum Gasteiger partial charge on any atom is 0.349 e. The van der Waals surface area contributed by atoms with Crippen molar-refractivity contribution < 1.29 is 4.79 Å². The predicted octanol–water partition coefficient (Wildman–Crippen LogP) is 5.18. The third kappa shape index (κ3) is 5.90. The number of nitrogens with two attached hydrogens (primary N) is 1. The molecule has 4 aromatic rings. The topological polar surface area (TPSA) is 85.6 Å². The van der Waals surface area contributed by atoms with E-state index in [0.717, 1.165) is 16.8 Å². The van der Waals surface area contributed by atoms with Crippen molar-refractivity contribution in [1.29, 1.82) is 0 Å². The van der Waals surface area contributed by atoms with Crippen LogP contribution < -0.4 is 11.4 Å². The van der Waals surface area contributed by atoms with Gasteiger partial charge in [0.2, 0.25) is 0 Å². The first-order valence-electron chi connectivity index (χ1n) is 12.3. The van der Waals surface area contributed by atoms with E-state index in [1.807, 2.05) is 79.4 Å². The zero-order valence-electron chi connectivity index (χ0n) is 21.4. The van der Waals surface area contributed by atoms with Crippen molar-refractivity contribution >= 4 is 35.4 Å². The summed E-state index contributed by atoms with van der Waals surface area (Å²) < 4.78 is 3.06. The molecule has 2 N–H and O–H groups in total. The minimum Gasteiger partial charge on any atom is -0.330 e. The molecule has 0 unspecified atom stereocenters. The van der Waals surface area contributed by atoms with Gasteiger partial charge in [0, 0.05) is 17.8 Å². The molecule has 1 atom stereocenters. The standard InChI is InChI=1S/C28H32ClN5O2.ClH/c1-4-23(32(16-8-15-30)27(35)22-13-11-19(2)12-14-22)24-17-25-26(29)20(3)31-34(25)28(36)33(24)18-21-9-6-5-7-10-21;/h5-7,9-14,17,23H,4,8,15-16,18,30H2,1-3H3;1H/t23-;/m1./s1. The van der Waals surface area contributed by atoms with Crippen molar-refractivity contribution in [1.82, 2.24) is 19.1 Å². The predicted molar refractivity (Wildman–Crippen MR) is 151 cm³/mol. The number of benzene rings is 2. The Balaban J connectivity index is 0.00000380. The lowest BCUT2D eigenvalue weighted by atomic mass is 10.0. The molecular weight excluding hydrogens is 509 g/mol. The Morgan fingerprint density at radius 1 is 1.11 bits per heavy atom. The van der Waals surface area contributed by atoms with Gasteiger partial charge in [0.15, 0.2) is 0 Å². The summed E-state index contributed by atoms with van der Waals surface area (Å²) in [5.74, 6) is -0.0929. The van der Waals surface area contributed by atoms with Gasteiger partial charge < -0.3 is 10.6 Å². The normalized spacial score (nSPS) is 11.8. The van der Waals surface area contributed by atoms with E-state index in [2.05, 4.69) is 5.10 Å². The number of aromatic nitrogens is 3. The van der Waals surface area contributed by atoms with Gasteiger partial charge in [-0.2, -0.15) is 9.61 Å². The summed E-state index contributed by atoms with van der Waals surface area (Å²) in [6.45, 7) is 7.07. The summed E-state index contributed by atoms with van der Waals surface area (Å²) in [6, 6.07) is 18.9. The molecule has 0 radical (unpaired) electrons. The number of aryl methyl sites for hydroxylation is 2. The van der Waals surface area contributed by atoms with E-state index in [-0.39, 0.29) is 30.0 Å². The zero-order valence-corrected chi connectivity index (χ0v) is 22.9. The van der Waals surface area contributed by atoms with Crippen LogP contribution in [0.1, 0.15) is 58.7 Å². The summed E-state index contributed by atoms with van der Waals surface area (Å²) in [7, 11) is 0. The summed E-state index contributed by atoms with van der Waals surface area (Å²) in [5.41, 5.74) is 10.1. The van der Waals surface area contributed by atoms with Crippen LogP contribution in [-0.4, -0.2) is 38.1 Å². The van der Waals surface area contributed by atoms with Crippen molar-refractivity contribution in [2.24, 2.45) is 5.73 Å². The highest BCUT2D eigenvalue weighted by molar-refractivity contribution is 6.34. The lowest BCUT2D eigenvalue weighted by Gasteiger charge is -2.33. The maximum atomic E-state index is 13.8. The third-order valence-electron chi connectivity index (χ3n) is 6.48. The van der Waals surface area contributed by atoms with Crippen molar-refractivity contribution in [3.63, 3.8) is 0 Å². The van der Waals surface area contributed by atoms with Crippen molar-refractivity contribution in [3.05, 3.63) is 104 Å². The Morgan fingerprint density at radius 3 is 2.41 bits per heavy atom. The number of carbonyl (C=O) groups is 1. The molecule has 1 amide bonds. The molecule has 0 aliphatic carbocycles. The van der Waals surface area contributed by atoms with E-state index in [1.54, 1.807) is 11.5 Å². The van der Waals surface area contributed by atoms with Crippen LogP contribution in [0, 0.1) is 13.8 Å². The fourth-order valence-corrected chi connectivity index (χ4v) is 4.72. The fraction of sp³-hybridized carbons (Fsp3) is 0.321. The van der Waals surface area contributed by atoms with Gasteiger partial charge in [-0.05, 0) is 57.0 Å². The number of fused-ring (bicyclic) bond motifs is 1. The van der Waals surface area contributed by atoms with E-state index in [1.165, 1.54) is 4.52 Å². The highest BCUT2D eigenvalue weighted by Gasteiger charge is 2.29. The van der Waals surface area contributed by atoms with E-state index >= 15 is 0 Å². The number of hydrogen-bond donors (Lipinski definition) is 1. The average molecular weight is 543 g/mol. The molecule has 2 aromatic heterocycles. The van der Waals surface area contributed by atoms with Gasteiger partial charge in [0.25, 0.3) is 5.91 Å². The van der Waals surface area contributed by atoms with Crippen molar-refractivity contribution in [3.8, 4) is 0 Å². The molecule has 196 valence electrons. The Hall–Kier alpha value is -3.13. The van der Waals surface area contributed by atoms with Gasteiger partial charge in [0.1, 0.15) is 0 Å². The highest BCUT2D eigenvalue weighted by atomic mass is 35.5. The minimum atomic E-state index is -0.363. The molecule has 0 bridgehead atoms. The van der Waals surface area contributed by atoms with Gasteiger partial charge in [-0.1, -0.05) is 66.6 Å². The largest absolute Gasteiger partial charge is 0.349 e. The molecule has 0 aliphatic rings. The highest BCUT2D eigenvalue weighted by Crippen LogP contribution is 2.30. The molecule has 2 aromatic carbocycles. The van der Waals surface area contributed by atoms with Crippen LogP contribution in [-0.2, 0) is 6.54 Å². The second-order valence-electron chi connectivity index (χ2n) is 9.05. The molecule has 9 heteroatoms. The second kappa shape index (κ2) is 12.4. The van der Waals surface area contributed by atoms with Crippen LogP contribution >= 0.6 is 24.0 Å². The van der Waals surface area contributed by atoms with Gasteiger partial charge in [-0.25, -0.2) is 4.79 Å². The first-order chi connectivity index (χ1) is 17.3. The monoisotopic (exact) mass is 541 g/mol. The summed E-state index contributed by atoms with van der Waals surface area (Å²) in [6.07, 6.45) is 1.25. The molecule has 37 heavy (non-hydrogen) atoms. The minimum absolute atomic E-state index is 0. The number of hydrogen-bond acceptors (Lipinski definition) is 4. The van der Waals surface area contributed by atoms with Crippen LogP contribution in [0.4, 0.5) is 0 Å². The fourth-order valence-electron chi connectivity index (χ4n) is 4.55. The summed E-state index contributed by atoms with van der Waals surface area (Å²) >= 11 is 6.55. The van der Waals surface area contributed by atoms with Crippen molar-refractivity contribution in [2.75, 3.05) is 13.1 Å². The summed E-state index contributed by atoms with van der Waals surface area (Å²) in [4.78, 5) is 29.3. The van der Waals surface area contributed by atoms with Crippen LogP contribution in [0.15, 0.2) is 65.5 Å². The van der Waals surface area contributed by atoms with Gasteiger partial charge in [-0.3, -0.25) is 9.36 Å². The number of amides is 1. The number of halogens is 2. The van der Waals surface area contributed by atoms with Crippen LogP contribution in [0.25, 0.3) is 5.52 Å². The van der Waals surface area contributed by atoms with Crippen LogP contribution in [0.2, 0.25) is 5.02 Å². The van der Waals surface area contributed by atoms with Crippen LogP contribution in [0.3, 0.4) is 0 Å². The Labute approximate surface area is 228 Å². The first kappa shape index (κ1) is 28.4. The van der Waals surface area contributed by atoms with Crippen LogP contribution in [0.5, 0.6) is 0 Å². The molecule has 0 saturated heterocycles. The molecule has 0 aliphatic heterocycles. The molecular formula is C28H33Cl2N5O2. The number of rotatable bonds is 9. The van der Waals surface area contributed by atoms with Gasteiger partial charge in [0.05, 0.1) is 28.8 Å².